The molecule has 0 aliphatic heterocycles. The molecule has 1 aromatic heterocycles. The van der Waals surface area contributed by atoms with Crippen molar-refractivity contribution in [1.29, 1.82) is 0 Å². The van der Waals surface area contributed by atoms with Crippen molar-refractivity contribution in [3.05, 3.63) is 210 Å². The minimum absolute atomic E-state index is 0. The molecule has 290 valence electrons. The molecule has 8 rings (SSSR count). The van der Waals surface area contributed by atoms with Crippen LogP contribution in [0, 0.1) is 18.2 Å². The third-order valence-electron chi connectivity index (χ3n) is 10.2. The van der Waals surface area contributed by atoms with Gasteiger partial charge in [0.25, 0.3) is 0 Å². The topological polar surface area (TPSA) is 12.9 Å². The number of fused-ring (bicyclic) bond motifs is 1. The average Bonchev–Trinajstić information content (AvgIpc) is 3.25. The molecule has 0 atom stereocenters. The van der Waals surface area contributed by atoms with Crippen LogP contribution in [0.1, 0.15) is 22.3 Å². The number of pyridine rings is 1. The molecular weight excluding hydrogens is 917 g/mol. The predicted molar refractivity (Wildman–Crippen MR) is 253 cm³/mol. The Hall–Kier alpha value is -4.54. The Morgan fingerprint density at radius 2 is 1.05 bits per heavy atom. The van der Waals surface area contributed by atoms with Crippen molar-refractivity contribution in [2.45, 2.75) is 25.7 Å². The van der Waals surface area contributed by atoms with Crippen LogP contribution in [0.15, 0.2) is 170 Å². The van der Waals surface area contributed by atoms with E-state index in [0.29, 0.717) is 0 Å². The van der Waals surface area contributed by atoms with Crippen molar-refractivity contribution in [3.8, 4) is 44.6 Å². The SMILES string of the molecule is C[PH+](C)C[PH+](C)C.[Ir+3].[c-]1cccc(CCc2cc(CCc3c[c-]ccc3)cc(-c3ccccc3-c3c[c-]c(-c4ccc5c(-c6ccccc6)cccc5n4)cc3)c2)c1. The molecule has 0 aliphatic carbocycles. The molecular formula is C54H52IrNP2+2. The van der Waals surface area contributed by atoms with E-state index < -0.39 is 0 Å². The van der Waals surface area contributed by atoms with E-state index in [1.165, 1.54) is 50.1 Å². The third-order valence-corrected chi connectivity index (χ3v) is 15.8. The van der Waals surface area contributed by atoms with Gasteiger partial charge in [-0.05, 0) is 58.0 Å². The molecule has 0 saturated heterocycles. The molecule has 0 amide bonds. The Kier molecular flexibility index (Phi) is 15.9. The first-order chi connectivity index (χ1) is 27.9. The quantitative estimate of drug-likeness (QED) is 0.0878. The fraction of sp³-hybridized carbons (Fsp3) is 0.167. The zero-order valence-electron chi connectivity index (χ0n) is 34.0. The third kappa shape index (κ3) is 11.8. The van der Waals surface area contributed by atoms with E-state index >= 15 is 0 Å². The first-order valence-corrected chi connectivity index (χ1v) is 25.5. The molecule has 0 fully saturated rings. The van der Waals surface area contributed by atoms with E-state index in [0.717, 1.165) is 53.4 Å². The van der Waals surface area contributed by atoms with E-state index in [9.17, 15) is 0 Å². The summed E-state index contributed by atoms with van der Waals surface area (Å²) in [5.41, 5.74) is 15.5. The second-order valence-corrected chi connectivity index (χ2v) is 21.7. The summed E-state index contributed by atoms with van der Waals surface area (Å²) in [5.74, 6) is 1.56. The zero-order valence-corrected chi connectivity index (χ0v) is 38.4. The van der Waals surface area contributed by atoms with Gasteiger partial charge in [-0.1, -0.05) is 121 Å². The molecule has 0 radical (unpaired) electrons. The van der Waals surface area contributed by atoms with Crippen LogP contribution in [0.5, 0.6) is 0 Å². The Balaban J connectivity index is 0.000000652. The van der Waals surface area contributed by atoms with Crippen LogP contribution in [0.3, 0.4) is 0 Å². The van der Waals surface area contributed by atoms with E-state index in [1.54, 1.807) is 5.90 Å². The fourth-order valence-corrected chi connectivity index (χ4v) is 13.2. The number of aryl methyl sites for hydroxylation is 4. The van der Waals surface area contributed by atoms with Gasteiger partial charge in [-0.3, -0.25) is 4.98 Å². The number of rotatable bonds is 12. The molecule has 0 bridgehead atoms. The van der Waals surface area contributed by atoms with Crippen molar-refractivity contribution in [3.63, 3.8) is 0 Å². The van der Waals surface area contributed by atoms with E-state index in [-0.39, 0.29) is 35.9 Å². The number of benzene rings is 7. The summed E-state index contributed by atoms with van der Waals surface area (Å²) in [6, 6.07) is 70.2. The van der Waals surface area contributed by atoms with Crippen LogP contribution in [-0.4, -0.2) is 37.5 Å². The monoisotopic (exact) mass is 969 g/mol. The molecule has 58 heavy (non-hydrogen) atoms. The molecule has 4 heteroatoms. The average molecular weight is 969 g/mol. The second-order valence-electron chi connectivity index (χ2n) is 15.4. The molecule has 0 saturated carbocycles. The van der Waals surface area contributed by atoms with Gasteiger partial charge in [0, 0.05) is 47.9 Å². The van der Waals surface area contributed by atoms with Crippen LogP contribution in [-0.2, 0) is 45.8 Å². The van der Waals surface area contributed by atoms with Crippen LogP contribution < -0.4 is 0 Å². The van der Waals surface area contributed by atoms with Crippen LogP contribution in [0.4, 0.5) is 0 Å². The van der Waals surface area contributed by atoms with Gasteiger partial charge >= 0.3 is 20.1 Å². The molecule has 0 aliphatic rings. The second kappa shape index (κ2) is 21.5. The summed E-state index contributed by atoms with van der Waals surface area (Å²) in [6.07, 6.45) is 3.94. The first kappa shape index (κ1) is 43.0. The van der Waals surface area contributed by atoms with Crippen molar-refractivity contribution in [2.75, 3.05) is 32.6 Å². The van der Waals surface area contributed by atoms with Gasteiger partial charge in [-0.2, -0.15) is 71.8 Å². The Labute approximate surface area is 362 Å². The van der Waals surface area contributed by atoms with E-state index in [4.69, 9.17) is 4.98 Å². The number of hydrogen-bond acceptors (Lipinski definition) is 1. The fourth-order valence-electron chi connectivity index (χ4n) is 7.58. The number of nitrogens with zero attached hydrogens (tertiary/aromatic N) is 1. The summed E-state index contributed by atoms with van der Waals surface area (Å²) in [5, 5.41) is 1.15. The van der Waals surface area contributed by atoms with E-state index in [2.05, 4.69) is 203 Å². The van der Waals surface area contributed by atoms with E-state index in [1.807, 2.05) is 12.1 Å². The van der Waals surface area contributed by atoms with Gasteiger partial charge in [-0.25, -0.2) is 0 Å². The van der Waals surface area contributed by atoms with Crippen LogP contribution in [0.2, 0.25) is 0 Å². The van der Waals surface area contributed by atoms with Crippen LogP contribution in [0.25, 0.3) is 55.5 Å². The Morgan fingerprint density at radius 1 is 0.466 bits per heavy atom. The number of aromatic nitrogens is 1. The minimum Gasteiger partial charge on any atom is -0.296 e. The van der Waals surface area contributed by atoms with Crippen molar-refractivity contribution in [1.82, 2.24) is 4.98 Å². The summed E-state index contributed by atoms with van der Waals surface area (Å²) in [7, 11) is 0.222. The molecule has 8 aromatic rings. The summed E-state index contributed by atoms with van der Waals surface area (Å²) < 4.78 is 0. The number of hydrogen-bond donors (Lipinski definition) is 0. The smallest absolute Gasteiger partial charge is 0.296 e. The molecule has 7 aromatic carbocycles. The zero-order chi connectivity index (χ0) is 39.4. The van der Waals surface area contributed by atoms with Gasteiger partial charge in [0.1, 0.15) is 0 Å². The Bertz CT molecular complexity index is 2410. The predicted octanol–water partition coefficient (Wildman–Crippen LogP) is 13.8. The van der Waals surface area contributed by atoms with Gasteiger partial charge in [0.2, 0.25) is 0 Å². The largest absolute Gasteiger partial charge is 3.00 e. The van der Waals surface area contributed by atoms with Crippen molar-refractivity contribution in [2.24, 2.45) is 0 Å². The van der Waals surface area contributed by atoms with Gasteiger partial charge in [-0.15, -0.1) is 29.8 Å². The standard InChI is InChI=1S/C49H36N.C5H14P2.Ir/c1-4-13-36(14-5-1)23-25-38-33-39(26-24-37-15-6-2-7-16-37)35-43(34-38)46-20-11-10-19-44(46)41-27-29-42(30-28-41)48-32-31-47-45(21-12-22-49(47)50-48)40-17-8-3-9-18-40;1-6(2)5-7(3)4;/h1-4,6,8-22,27-29,31-35H,23-26H2;5H2,1-4H3;/q-3;;+3/p+2. The summed E-state index contributed by atoms with van der Waals surface area (Å²) in [6.45, 7) is 9.56. The summed E-state index contributed by atoms with van der Waals surface area (Å²) in [4.78, 5) is 5.06. The van der Waals surface area contributed by atoms with Crippen LogP contribution >= 0.6 is 15.8 Å². The maximum absolute atomic E-state index is 5.06. The van der Waals surface area contributed by atoms with Gasteiger partial charge < -0.3 is 0 Å². The maximum atomic E-state index is 5.06. The normalized spacial score (nSPS) is 10.9. The molecule has 1 nitrogen and oxygen atoms in total. The first-order valence-electron chi connectivity index (χ1n) is 20.1. The molecule has 0 spiro atoms. The van der Waals surface area contributed by atoms with Crippen molar-refractivity contribution < 1.29 is 20.1 Å². The van der Waals surface area contributed by atoms with Gasteiger partial charge in [0.15, 0.2) is 5.90 Å². The Morgan fingerprint density at radius 3 is 1.60 bits per heavy atom. The maximum Gasteiger partial charge on any atom is 3.00 e. The molecule has 0 unspecified atom stereocenters. The minimum atomic E-state index is 0. The van der Waals surface area contributed by atoms with Crippen molar-refractivity contribution >= 4 is 26.7 Å². The molecule has 1 heterocycles. The van der Waals surface area contributed by atoms with Gasteiger partial charge in [0.05, 0.1) is 5.52 Å². The summed E-state index contributed by atoms with van der Waals surface area (Å²) >= 11 is 0. The molecule has 0 N–H and O–H groups in total.